The Morgan fingerprint density at radius 1 is 1.29 bits per heavy atom. The molecular weight excluding hydrogens is 178 g/mol. The number of rotatable bonds is 3. The zero-order valence-corrected chi connectivity index (χ0v) is 8.36. The predicted molar refractivity (Wildman–Crippen MR) is 50.5 cm³/mol. The van der Waals surface area contributed by atoms with Gasteiger partial charge >= 0.3 is 0 Å². The van der Waals surface area contributed by atoms with E-state index in [9.17, 15) is 0 Å². The van der Waals surface area contributed by atoms with Crippen molar-refractivity contribution in [3.63, 3.8) is 0 Å². The zero-order chi connectivity index (χ0) is 9.54. The van der Waals surface area contributed by atoms with E-state index in [2.05, 4.69) is 15.5 Å². The van der Waals surface area contributed by atoms with Crippen LogP contribution in [0.3, 0.4) is 0 Å². The van der Waals surface area contributed by atoms with Gasteiger partial charge in [0.05, 0.1) is 6.54 Å². The molecule has 4 nitrogen and oxygen atoms in total. The van der Waals surface area contributed by atoms with E-state index in [1.165, 1.54) is 19.3 Å². The van der Waals surface area contributed by atoms with E-state index >= 15 is 0 Å². The highest BCUT2D eigenvalue weighted by Crippen LogP contribution is 2.51. The number of hydrogen-bond acceptors (Lipinski definition) is 4. The van der Waals surface area contributed by atoms with Crippen LogP contribution in [0.15, 0.2) is 4.42 Å². The SMILES string of the molecule is Cc1nnc(CNC2CC3CC3C2)o1. The lowest BCUT2D eigenvalue weighted by atomic mass is 10.1. The van der Waals surface area contributed by atoms with Crippen LogP contribution < -0.4 is 5.32 Å². The fourth-order valence-corrected chi connectivity index (χ4v) is 2.52. The van der Waals surface area contributed by atoms with Gasteiger partial charge in [-0.2, -0.15) is 0 Å². The third kappa shape index (κ3) is 1.54. The van der Waals surface area contributed by atoms with Crippen molar-refractivity contribution < 1.29 is 4.42 Å². The van der Waals surface area contributed by atoms with E-state index in [0.717, 1.165) is 18.4 Å². The van der Waals surface area contributed by atoms with Crippen LogP contribution in [0.5, 0.6) is 0 Å². The number of aromatic nitrogens is 2. The molecule has 0 amide bonds. The topological polar surface area (TPSA) is 51.0 Å². The zero-order valence-electron chi connectivity index (χ0n) is 8.36. The van der Waals surface area contributed by atoms with E-state index in [0.29, 0.717) is 17.8 Å². The summed E-state index contributed by atoms with van der Waals surface area (Å²) < 4.78 is 5.30. The standard InChI is InChI=1S/C10H15N3O/c1-6-12-13-10(14-6)5-11-9-3-7-2-8(7)4-9/h7-9,11H,2-5H2,1H3. The van der Waals surface area contributed by atoms with Gasteiger partial charge in [0, 0.05) is 13.0 Å². The third-order valence-corrected chi connectivity index (χ3v) is 3.35. The molecule has 0 radical (unpaired) electrons. The van der Waals surface area contributed by atoms with Crippen molar-refractivity contribution in [1.29, 1.82) is 0 Å². The molecule has 0 bridgehead atoms. The molecule has 0 aromatic carbocycles. The van der Waals surface area contributed by atoms with E-state index in [4.69, 9.17) is 4.42 Å². The number of nitrogens with zero attached hydrogens (tertiary/aromatic N) is 2. The van der Waals surface area contributed by atoms with Crippen molar-refractivity contribution in [2.75, 3.05) is 0 Å². The van der Waals surface area contributed by atoms with Gasteiger partial charge in [0.2, 0.25) is 11.8 Å². The second-order valence-electron chi connectivity index (χ2n) is 4.52. The number of nitrogens with one attached hydrogen (secondary N) is 1. The summed E-state index contributed by atoms with van der Waals surface area (Å²) in [6.07, 6.45) is 4.16. The Morgan fingerprint density at radius 3 is 2.71 bits per heavy atom. The van der Waals surface area contributed by atoms with Crippen LogP contribution in [0, 0.1) is 18.8 Å². The van der Waals surface area contributed by atoms with Gasteiger partial charge in [-0.15, -0.1) is 10.2 Å². The average Bonchev–Trinajstić information content (AvgIpc) is 2.63. The fourth-order valence-electron chi connectivity index (χ4n) is 2.52. The van der Waals surface area contributed by atoms with Crippen LogP contribution in [0.2, 0.25) is 0 Å². The maximum absolute atomic E-state index is 5.30. The molecule has 2 atom stereocenters. The smallest absolute Gasteiger partial charge is 0.230 e. The maximum atomic E-state index is 5.30. The Bertz CT molecular complexity index is 326. The van der Waals surface area contributed by atoms with Gasteiger partial charge in [-0.05, 0) is 31.1 Å². The molecule has 1 aromatic rings. The molecule has 2 aliphatic carbocycles. The van der Waals surface area contributed by atoms with E-state index in [-0.39, 0.29) is 0 Å². The number of aryl methyl sites for hydroxylation is 1. The predicted octanol–water partition coefficient (Wildman–Crippen LogP) is 1.27. The van der Waals surface area contributed by atoms with Gasteiger partial charge in [-0.1, -0.05) is 0 Å². The minimum Gasteiger partial charge on any atom is -0.424 e. The number of fused-ring (bicyclic) bond motifs is 1. The minimum atomic E-state index is 0.649. The van der Waals surface area contributed by atoms with Gasteiger partial charge in [0.15, 0.2) is 0 Å². The first-order chi connectivity index (χ1) is 6.81. The fraction of sp³-hybridized carbons (Fsp3) is 0.800. The highest BCUT2D eigenvalue weighted by atomic mass is 16.4. The first kappa shape index (κ1) is 8.41. The van der Waals surface area contributed by atoms with Crippen LogP contribution in [0.1, 0.15) is 31.0 Å². The lowest BCUT2D eigenvalue weighted by molar-refractivity contribution is 0.408. The monoisotopic (exact) mass is 193 g/mol. The summed E-state index contributed by atoms with van der Waals surface area (Å²) in [5, 5.41) is 11.2. The first-order valence-corrected chi connectivity index (χ1v) is 5.33. The normalized spacial score (nSPS) is 34.5. The highest BCUT2D eigenvalue weighted by Gasteiger charge is 2.45. The summed E-state index contributed by atoms with van der Waals surface area (Å²) in [5.74, 6) is 3.41. The van der Waals surface area contributed by atoms with Crippen molar-refractivity contribution in [2.45, 2.75) is 38.8 Å². The lowest BCUT2D eigenvalue weighted by Crippen LogP contribution is -2.27. The van der Waals surface area contributed by atoms with Crippen LogP contribution in [-0.2, 0) is 6.54 Å². The molecule has 0 aliphatic heterocycles. The van der Waals surface area contributed by atoms with Gasteiger partial charge in [0.25, 0.3) is 0 Å². The third-order valence-electron chi connectivity index (χ3n) is 3.35. The summed E-state index contributed by atoms with van der Waals surface area (Å²) in [7, 11) is 0. The number of hydrogen-bond donors (Lipinski definition) is 1. The van der Waals surface area contributed by atoms with Crippen molar-refractivity contribution in [3.05, 3.63) is 11.8 Å². The van der Waals surface area contributed by atoms with E-state index < -0.39 is 0 Å². The van der Waals surface area contributed by atoms with Crippen LogP contribution >= 0.6 is 0 Å². The van der Waals surface area contributed by atoms with Gasteiger partial charge in [-0.3, -0.25) is 0 Å². The molecule has 1 heterocycles. The molecule has 1 N–H and O–H groups in total. The van der Waals surface area contributed by atoms with Crippen LogP contribution in [0.25, 0.3) is 0 Å². The first-order valence-electron chi connectivity index (χ1n) is 5.33. The molecule has 2 unspecified atom stereocenters. The van der Waals surface area contributed by atoms with Gasteiger partial charge in [-0.25, -0.2) is 0 Å². The van der Waals surface area contributed by atoms with Gasteiger partial charge in [0.1, 0.15) is 0 Å². The van der Waals surface area contributed by atoms with Crippen molar-refractivity contribution in [2.24, 2.45) is 11.8 Å². The lowest BCUT2D eigenvalue weighted by Gasteiger charge is -2.11. The quantitative estimate of drug-likeness (QED) is 0.785. The molecule has 3 rings (SSSR count). The largest absolute Gasteiger partial charge is 0.424 e. The molecule has 1 aromatic heterocycles. The Hall–Kier alpha value is -0.900. The second kappa shape index (κ2) is 3.05. The molecular formula is C10H15N3O. The molecule has 0 saturated heterocycles. The summed E-state index contributed by atoms with van der Waals surface area (Å²) >= 11 is 0. The molecule has 2 aliphatic rings. The minimum absolute atomic E-state index is 0.649. The molecule has 2 fully saturated rings. The Kier molecular flexibility index (Phi) is 1.83. The van der Waals surface area contributed by atoms with Gasteiger partial charge < -0.3 is 9.73 Å². The van der Waals surface area contributed by atoms with E-state index in [1.807, 2.05) is 6.92 Å². The Balaban J connectivity index is 1.50. The summed E-state index contributed by atoms with van der Waals surface area (Å²) in [5.41, 5.74) is 0. The summed E-state index contributed by atoms with van der Waals surface area (Å²) in [6.45, 7) is 2.55. The molecule has 76 valence electrons. The van der Waals surface area contributed by atoms with Crippen molar-refractivity contribution in [1.82, 2.24) is 15.5 Å². The Labute approximate surface area is 83.1 Å². The van der Waals surface area contributed by atoms with Crippen LogP contribution in [-0.4, -0.2) is 16.2 Å². The second-order valence-corrected chi connectivity index (χ2v) is 4.52. The van der Waals surface area contributed by atoms with Crippen molar-refractivity contribution in [3.8, 4) is 0 Å². The average molecular weight is 193 g/mol. The highest BCUT2D eigenvalue weighted by molar-refractivity contribution is 4.99. The maximum Gasteiger partial charge on any atom is 0.230 e. The molecule has 2 saturated carbocycles. The van der Waals surface area contributed by atoms with Crippen molar-refractivity contribution >= 4 is 0 Å². The molecule has 14 heavy (non-hydrogen) atoms. The summed E-state index contributed by atoms with van der Waals surface area (Å²) in [6, 6.07) is 0.686. The Morgan fingerprint density at radius 2 is 2.07 bits per heavy atom. The molecule has 4 heteroatoms. The summed E-state index contributed by atoms with van der Waals surface area (Å²) in [4.78, 5) is 0. The molecule has 0 spiro atoms. The van der Waals surface area contributed by atoms with Crippen LogP contribution in [0.4, 0.5) is 0 Å². The van der Waals surface area contributed by atoms with E-state index in [1.54, 1.807) is 0 Å².